The van der Waals surface area contributed by atoms with Gasteiger partial charge in [-0.1, -0.05) is 80.0 Å². The molecule has 3 heterocycles. The number of para-hydroxylation sites is 1. The molecule has 0 aliphatic carbocycles. The third-order valence-electron chi connectivity index (χ3n) is 20.3. The molecule has 0 radical (unpaired) electrons. The molecule has 2 aliphatic rings. The number of aliphatic imine (C=N–C) groups is 2. The molecule has 676 valence electrons. The quantitative estimate of drug-likeness (QED) is 0.0130. The Hall–Kier alpha value is -10.6. The van der Waals surface area contributed by atoms with Crippen LogP contribution in [0.4, 0.5) is 0 Å². The van der Waals surface area contributed by atoms with Crippen LogP contribution in [0.25, 0.3) is 10.9 Å². The Bertz CT molecular complexity index is 3910. The van der Waals surface area contributed by atoms with Crippen LogP contribution in [0.15, 0.2) is 40.4 Å². The van der Waals surface area contributed by atoms with Gasteiger partial charge in [0.05, 0.1) is 24.2 Å². The number of likely N-dealkylation sites (tertiary alicyclic amines) is 2. The number of H-pyrrole nitrogens is 1. The van der Waals surface area contributed by atoms with E-state index in [2.05, 4.69) is 78.8 Å². The number of primary amides is 2. The van der Waals surface area contributed by atoms with Crippen LogP contribution in [0.5, 0.6) is 0 Å². The topological polar surface area (TPSA) is 673 Å². The van der Waals surface area contributed by atoms with Gasteiger partial charge in [0.25, 0.3) is 0 Å². The third kappa shape index (κ3) is 35.6. The maximum Gasteiger partial charge on any atom is 0.246 e. The van der Waals surface area contributed by atoms with Crippen molar-refractivity contribution < 1.29 is 76.7 Å². The van der Waals surface area contributed by atoms with Crippen LogP contribution in [0, 0.1) is 23.7 Å². The number of nitrogens with two attached hydrogens (primary N) is 8. The Kier molecular flexibility index (Phi) is 44.7. The minimum Gasteiger partial charge on any atom is -0.370 e. The van der Waals surface area contributed by atoms with Crippen molar-refractivity contribution in [3.63, 3.8) is 0 Å². The van der Waals surface area contributed by atoms with Crippen LogP contribution in [0.2, 0.25) is 0 Å². The normalized spacial score (nSPS) is 16.8. The first kappa shape index (κ1) is 103. The second-order valence-electron chi connectivity index (χ2n) is 31.7. The molecule has 0 unspecified atom stereocenters. The van der Waals surface area contributed by atoms with E-state index >= 15 is 4.79 Å². The lowest BCUT2D eigenvalue weighted by molar-refractivity contribution is -0.144. The van der Waals surface area contributed by atoms with Crippen LogP contribution < -0.4 is 110 Å². The summed E-state index contributed by atoms with van der Waals surface area (Å²) < 4.78 is 0. The van der Waals surface area contributed by atoms with Crippen molar-refractivity contribution in [3.8, 4) is 0 Å². The molecular weight excluding hydrogens is 1610 g/mol. The lowest BCUT2D eigenvalue weighted by atomic mass is 9.96. The number of unbranched alkanes of at least 4 members (excludes halogenated alkanes) is 1. The van der Waals surface area contributed by atoms with E-state index in [0.717, 1.165) is 40.0 Å². The number of nitrogens with one attached hydrogen (secondary N) is 13. The molecular formula is C78H131N25O16S2. The number of guanidine groups is 2. The number of fused-ring (bicyclic) bond motifs is 1. The number of hydrogen-bond donors (Lipinski definition) is 21. The van der Waals surface area contributed by atoms with Crippen LogP contribution in [-0.4, -0.2) is 256 Å². The van der Waals surface area contributed by atoms with E-state index in [-0.39, 0.29) is 150 Å². The molecule has 16 amide bonds. The highest BCUT2D eigenvalue weighted by Gasteiger charge is 2.44. The molecule has 2 fully saturated rings. The molecule has 0 spiro atoms. The molecule has 0 saturated carbocycles. The van der Waals surface area contributed by atoms with Crippen LogP contribution in [0.1, 0.15) is 171 Å². The van der Waals surface area contributed by atoms with E-state index in [1.54, 1.807) is 40.8 Å². The minimum atomic E-state index is -1.77. The summed E-state index contributed by atoms with van der Waals surface area (Å²) in [5, 5.41) is 33.0. The highest BCUT2D eigenvalue weighted by Crippen LogP contribution is 2.26. The van der Waals surface area contributed by atoms with Crippen LogP contribution in [-0.2, 0) is 83.1 Å². The molecule has 43 heteroatoms. The van der Waals surface area contributed by atoms with Crippen molar-refractivity contribution in [2.24, 2.45) is 79.5 Å². The fourth-order valence-corrected chi connectivity index (χ4v) is 15.4. The number of nitrogens with zero attached hydrogens (tertiary/aromatic N) is 4. The summed E-state index contributed by atoms with van der Waals surface area (Å²) in [5.41, 5.74) is 47.4. The number of aromatic nitrogens is 1. The Morgan fingerprint density at radius 3 is 1.45 bits per heavy atom. The maximum atomic E-state index is 15.1. The fourth-order valence-electron chi connectivity index (χ4n) is 13.7. The number of aromatic amines is 1. The summed E-state index contributed by atoms with van der Waals surface area (Å²) in [5.74, 6) is -15.0. The number of hydrogen-bond acceptors (Lipinski definition) is 22. The standard InChI is InChI=1S/C78H131N25O16S2/c1-11-44(8)63(101-68(111)53(24-17-29-88-78(85)86)92-65(108)49(80)34-47-36-89-50-21-13-12-20-48(47)50)76(119)103-31-19-25-59(103)72(115)98-57(37-120-39-90-45(9)104)71(114)99-58(38-121-40-91-46(10)105)75(118)102-30-18-26-60(102)73(116)100-62(43(6)7)74(117)97-56(35-61(81)106)70(113)96-55(33-42(4)5)69(112)94-51(22-14-15-27-79)66(109)93-52(23-16-28-87-77(83)84)67(110)95-54(64(82)107)32-41(2)3/h12-13,20-21,36,41-44,49,51-60,62-63,89H,11,14-19,22-35,37-40,79-80H2,1-10H3,(H2,81,106)(H2,82,107)(H,90,104)(H,91,105)(H,92,108)(H,93,109)(H,94,112)(H,95,110)(H,96,113)(H,97,117)(H,98,115)(H,99,114)(H,100,116)(H,101,111)(H4,83,84,87)(H4,85,86,88)/t44-,49-,51-,52-,53-,54-,55-,56-,57-,58-,59-,60-,62-,63-/m0/s1. The van der Waals surface area contributed by atoms with Gasteiger partial charge in [-0.15, -0.1) is 23.5 Å². The van der Waals surface area contributed by atoms with E-state index in [0.29, 0.717) is 25.7 Å². The lowest BCUT2D eigenvalue weighted by Crippen LogP contribution is -2.62. The zero-order valence-corrected chi connectivity index (χ0v) is 72.8. The van der Waals surface area contributed by atoms with Gasteiger partial charge in [0.1, 0.15) is 72.5 Å². The third-order valence-corrected chi connectivity index (χ3v) is 22.1. The van der Waals surface area contributed by atoms with Gasteiger partial charge in [-0.2, -0.15) is 0 Å². The smallest absolute Gasteiger partial charge is 0.246 e. The zero-order valence-electron chi connectivity index (χ0n) is 71.1. The molecule has 1 aromatic heterocycles. The summed E-state index contributed by atoms with van der Waals surface area (Å²) in [6.07, 6.45) is 3.45. The molecule has 121 heavy (non-hydrogen) atoms. The van der Waals surface area contributed by atoms with Crippen molar-refractivity contribution in [2.45, 2.75) is 251 Å². The van der Waals surface area contributed by atoms with Gasteiger partial charge in [-0.25, -0.2) is 0 Å². The average molecular weight is 1740 g/mol. The minimum absolute atomic E-state index is 0.00139. The number of thioether (sulfide) groups is 2. The van der Waals surface area contributed by atoms with Gasteiger partial charge < -0.3 is 124 Å². The maximum absolute atomic E-state index is 15.1. The zero-order chi connectivity index (χ0) is 90.3. The molecule has 29 N–H and O–H groups in total. The molecule has 0 bridgehead atoms. The van der Waals surface area contributed by atoms with Crippen molar-refractivity contribution >= 4 is 141 Å². The van der Waals surface area contributed by atoms with Gasteiger partial charge >= 0.3 is 0 Å². The van der Waals surface area contributed by atoms with E-state index in [4.69, 9.17) is 45.9 Å². The van der Waals surface area contributed by atoms with Gasteiger partial charge in [-0.05, 0) is 132 Å². The van der Waals surface area contributed by atoms with Crippen LogP contribution in [0.3, 0.4) is 0 Å². The van der Waals surface area contributed by atoms with Gasteiger partial charge in [0.15, 0.2) is 11.9 Å². The number of carbonyl (C=O) groups excluding carboxylic acids is 16. The molecule has 41 nitrogen and oxygen atoms in total. The number of benzene rings is 1. The number of carbonyl (C=O) groups is 16. The first-order valence-electron chi connectivity index (χ1n) is 41.2. The van der Waals surface area contributed by atoms with Gasteiger partial charge in [0.2, 0.25) is 94.5 Å². The highest BCUT2D eigenvalue weighted by atomic mass is 32.2. The van der Waals surface area contributed by atoms with E-state index in [1.165, 1.54) is 23.6 Å². The van der Waals surface area contributed by atoms with Crippen molar-refractivity contribution in [1.82, 2.24) is 78.6 Å². The molecule has 14 atom stereocenters. The summed E-state index contributed by atoms with van der Waals surface area (Å²) >= 11 is 2.08. The average Bonchev–Trinajstić information content (AvgIpc) is 1.73. The first-order chi connectivity index (χ1) is 57.2. The summed E-state index contributed by atoms with van der Waals surface area (Å²) in [4.78, 5) is 237. The second kappa shape index (κ2) is 52.6. The van der Waals surface area contributed by atoms with E-state index < -0.39 is 191 Å². The molecule has 1 aromatic carbocycles. The van der Waals surface area contributed by atoms with Gasteiger partial charge in [-0.3, -0.25) is 86.7 Å². The highest BCUT2D eigenvalue weighted by molar-refractivity contribution is 7.99. The molecule has 2 saturated heterocycles. The SMILES string of the molecule is CC[C@H](C)[C@H](NC(=O)[C@H](CCCN=C(N)N)NC(=O)[C@@H](N)Cc1c[nH]c2ccccc12)C(=O)N1CCC[C@H]1C(=O)N[C@@H](CSCNC(C)=O)C(=O)N[C@@H](CSCNC(C)=O)C(=O)N1CCC[C@H]1C(=O)N[C@H](C(=O)N[C@@H](CC(N)=O)C(=O)N[C@@H](CC(C)C)C(=O)N[C@@H](CCCCN)C(=O)N[C@@H](CCCN=C(N)N)C(=O)N[C@@H](CC(C)C)C(N)=O)C(C)C. The Morgan fingerprint density at radius 1 is 0.504 bits per heavy atom. The lowest BCUT2D eigenvalue weighted by Gasteiger charge is -2.33. The van der Waals surface area contributed by atoms with Crippen molar-refractivity contribution in [1.29, 1.82) is 0 Å². The predicted molar refractivity (Wildman–Crippen MR) is 460 cm³/mol. The monoisotopic (exact) mass is 1740 g/mol. The largest absolute Gasteiger partial charge is 0.370 e. The Morgan fingerprint density at radius 2 is 0.950 bits per heavy atom. The summed E-state index contributed by atoms with van der Waals surface area (Å²) in [7, 11) is 0. The van der Waals surface area contributed by atoms with Crippen molar-refractivity contribution in [2.75, 3.05) is 56.0 Å². The molecule has 4 rings (SSSR count). The fraction of sp³-hybridized carbons (Fsp3) is 0.667. The van der Waals surface area contributed by atoms with Crippen molar-refractivity contribution in [3.05, 3.63) is 36.0 Å². The van der Waals surface area contributed by atoms with Crippen LogP contribution >= 0.6 is 23.5 Å². The Balaban J connectivity index is 1.59. The second-order valence-corrected chi connectivity index (χ2v) is 33.7. The number of amides is 16. The Labute approximate surface area is 714 Å². The number of rotatable bonds is 54. The van der Waals surface area contributed by atoms with E-state index in [9.17, 15) is 71.9 Å². The van der Waals surface area contributed by atoms with Gasteiger partial charge in [0, 0.05) is 68.6 Å². The summed E-state index contributed by atoms with van der Waals surface area (Å²) in [6.45, 7) is 16.8. The first-order valence-corrected chi connectivity index (χ1v) is 43.5. The predicted octanol–water partition coefficient (Wildman–Crippen LogP) is -4.09. The van der Waals surface area contributed by atoms with E-state index in [1.807, 2.05) is 45.0 Å². The molecule has 2 aliphatic heterocycles. The molecule has 2 aromatic rings. The summed E-state index contributed by atoms with van der Waals surface area (Å²) in [6, 6.07) is -9.92.